The van der Waals surface area contributed by atoms with Gasteiger partial charge in [-0.3, -0.25) is 0 Å². The Bertz CT molecular complexity index is 588. The fourth-order valence-corrected chi connectivity index (χ4v) is 1.65. The average molecular weight is 227 g/mol. The van der Waals surface area contributed by atoms with Crippen molar-refractivity contribution in [2.75, 3.05) is 7.11 Å². The van der Waals surface area contributed by atoms with E-state index in [0.717, 1.165) is 16.3 Å². The molecular weight excluding hydrogens is 214 g/mol. The fraction of sp³-hybridized carbons (Fsp3) is 0.0714. The van der Waals surface area contributed by atoms with Crippen LogP contribution in [0.25, 0.3) is 16.8 Å². The lowest BCUT2D eigenvalue weighted by molar-refractivity contribution is -0.136. The molecule has 0 atom stereocenters. The molecule has 0 aliphatic heterocycles. The van der Waals surface area contributed by atoms with E-state index in [1.165, 1.54) is 7.11 Å². The molecule has 3 heteroatoms. The van der Waals surface area contributed by atoms with Crippen molar-refractivity contribution < 1.29 is 9.53 Å². The summed E-state index contributed by atoms with van der Waals surface area (Å²) in [6.45, 7) is 0. The molecular formula is C14H13NO2. The first-order valence-corrected chi connectivity index (χ1v) is 5.25. The Morgan fingerprint density at radius 2 is 1.88 bits per heavy atom. The Morgan fingerprint density at radius 3 is 2.59 bits per heavy atom. The van der Waals surface area contributed by atoms with Gasteiger partial charge in [0.15, 0.2) is 0 Å². The quantitative estimate of drug-likeness (QED) is 0.632. The number of carbonyl (C=O) groups is 1. The van der Waals surface area contributed by atoms with E-state index in [1.807, 2.05) is 42.5 Å². The highest BCUT2D eigenvalue weighted by Crippen LogP contribution is 2.17. The first-order valence-electron chi connectivity index (χ1n) is 5.25. The molecule has 0 radical (unpaired) electrons. The van der Waals surface area contributed by atoms with Crippen molar-refractivity contribution in [1.29, 1.82) is 0 Å². The van der Waals surface area contributed by atoms with Gasteiger partial charge in [0.25, 0.3) is 0 Å². The summed E-state index contributed by atoms with van der Waals surface area (Å²) in [5.41, 5.74) is 6.57. The molecule has 0 amide bonds. The van der Waals surface area contributed by atoms with Gasteiger partial charge in [-0.15, -0.1) is 0 Å². The van der Waals surface area contributed by atoms with E-state index in [1.54, 1.807) is 6.08 Å². The van der Waals surface area contributed by atoms with Gasteiger partial charge >= 0.3 is 5.97 Å². The number of methoxy groups -OCH3 is 1. The lowest BCUT2D eigenvalue weighted by Crippen LogP contribution is -2.12. The van der Waals surface area contributed by atoms with Crippen LogP contribution in [0.1, 0.15) is 5.56 Å². The van der Waals surface area contributed by atoms with Gasteiger partial charge in [-0.1, -0.05) is 36.4 Å². The Hall–Kier alpha value is -2.29. The topological polar surface area (TPSA) is 52.3 Å². The van der Waals surface area contributed by atoms with E-state index in [4.69, 9.17) is 5.73 Å². The van der Waals surface area contributed by atoms with Crippen LogP contribution < -0.4 is 5.73 Å². The molecule has 86 valence electrons. The van der Waals surface area contributed by atoms with Crippen LogP contribution in [0.2, 0.25) is 0 Å². The van der Waals surface area contributed by atoms with Crippen LogP contribution in [-0.2, 0) is 9.53 Å². The SMILES string of the molecule is COC(=O)/C(N)=C/c1ccc2ccccc2c1. The van der Waals surface area contributed by atoms with E-state index in [-0.39, 0.29) is 5.70 Å². The van der Waals surface area contributed by atoms with Crippen LogP contribution in [-0.4, -0.2) is 13.1 Å². The molecule has 2 rings (SSSR count). The van der Waals surface area contributed by atoms with Crippen molar-refractivity contribution >= 4 is 22.8 Å². The van der Waals surface area contributed by atoms with Gasteiger partial charge in [0.1, 0.15) is 5.70 Å². The minimum Gasteiger partial charge on any atom is -0.464 e. The molecule has 2 aromatic carbocycles. The van der Waals surface area contributed by atoms with Gasteiger partial charge in [-0.2, -0.15) is 0 Å². The minimum absolute atomic E-state index is 0.0998. The third-order valence-electron chi connectivity index (χ3n) is 2.52. The molecule has 3 nitrogen and oxygen atoms in total. The molecule has 2 N–H and O–H groups in total. The number of hydrogen-bond donors (Lipinski definition) is 1. The van der Waals surface area contributed by atoms with Crippen molar-refractivity contribution in [2.45, 2.75) is 0 Å². The third-order valence-corrected chi connectivity index (χ3v) is 2.52. The predicted molar refractivity (Wildman–Crippen MR) is 68.1 cm³/mol. The first-order chi connectivity index (χ1) is 8.20. The van der Waals surface area contributed by atoms with Crippen LogP contribution in [0.4, 0.5) is 0 Å². The zero-order valence-corrected chi connectivity index (χ0v) is 9.51. The Balaban J connectivity index is 2.40. The molecule has 17 heavy (non-hydrogen) atoms. The summed E-state index contributed by atoms with van der Waals surface area (Å²) in [7, 11) is 1.31. The number of benzene rings is 2. The maximum absolute atomic E-state index is 11.2. The third kappa shape index (κ3) is 2.45. The Kier molecular flexibility index (Phi) is 3.10. The zero-order chi connectivity index (χ0) is 12.3. The molecule has 0 unspecified atom stereocenters. The van der Waals surface area contributed by atoms with Gasteiger partial charge in [0.2, 0.25) is 0 Å². The number of ether oxygens (including phenoxy) is 1. The summed E-state index contributed by atoms with van der Waals surface area (Å²) in [5.74, 6) is -0.516. The molecule has 0 heterocycles. The average Bonchev–Trinajstić information content (AvgIpc) is 2.37. The number of esters is 1. The van der Waals surface area contributed by atoms with E-state index in [0.29, 0.717) is 0 Å². The highest BCUT2D eigenvalue weighted by atomic mass is 16.5. The Labute approximate surface area is 99.5 Å². The van der Waals surface area contributed by atoms with E-state index < -0.39 is 5.97 Å². The van der Waals surface area contributed by atoms with Crippen LogP contribution in [0.3, 0.4) is 0 Å². The summed E-state index contributed by atoms with van der Waals surface area (Å²) in [4.78, 5) is 11.2. The summed E-state index contributed by atoms with van der Waals surface area (Å²) in [6.07, 6.45) is 1.61. The number of hydrogen-bond acceptors (Lipinski definition) is 3. The van der Waals surface area contributed by atoms with E-state index >= 15 is 0 Å². The molecule has 0 aliphatic rings. The second-order valence-corrected chi connectivity index (χ2v) is 3.70. The molecule has 0 fully saturated rings. The molecule has 0 aliphatic carbocycles. The maximum atomic E-state index is 11.2. The number of rotatable bonds is 2. The van der Waals surface area contributed by atoms with Crippen LogP contribution in [0.15, 0.2) is 48.2 Å². The lowest BCUT2D eigenvalue weighted by atomic mass is 10.1. The summed E-state index contributed by atoms with van der Waals surface area (Å²) in [5, 5.41) is 2.26. The predicted octanol–water partition coefficient (Wildman–Crippen LogP) is 2.31. The summed E-state index contributed by atoms with van der Waals surface area (Å²) >= 11 is 0. The Morgan fingerprint density at radius 1 is 1.18 bits per heavy atom. The normalized spacial score (nSPS) is 11.5. The number of fused-ring (bicyclic) bond motifs is 1. The standard InChI is InChI=1S/C14H13NO2/c1-17-14(16)13(15)9-10-6-7-11-4-2-3-5-12(11)8-10/h2-9H,15H2,1H3/b13-9-. The molecule has 2 aromatic rings. The molecule has 0 saturated carbocycles. The van der Waals surface area contributed by atoms with Crippen molar-refractivity contribution in [1.82, 2.24) is 0 Å². The molecule has 0 aromatic heterocycles. The van der Waals surface area contributed by atoms with Crippen LogP contribution >= 0.6 is 0 Å². The largest absolute Gasteiger partial charge is 0.464 e. The van der Waals surface area contributed by atoms with Crippen molar-refractivity contribution in [3.63, 3.8) is 0 Å². The summed E-state index contributed by atoms with van der Waals surface area (Å²) < 4.78 is 4.54. The van der Waals surface area contributed by atoms with Gasteiger partial charge in [0.05, 0.1) is 7.11 Å². The molecule has 0 bridgehead atoms. The minimum atomic E-state index is -0.516. The van der Waals surface area contributed by atoms with Crippen molar-refractivity contribution in [3.05, 3.63) is 53.7 Å². The van der Waals surface area contributed by atoms with Gasteiger partial charge in [-0.25, -0.2) is 4.79 Å². The monoisotopic (exact) mass is 227 g/mol. The fourth-order valence-electron chi connectivity index (χ4n) is 1.65. The maximum Gasteiger partial charge on any atom is 0.353 e. The second kappa shape index (κ2) is 4.70. The summed E-state index contributed by atoms with van der Waals surface area (Å²) in [6, 6.07) is 13.9. The van der Waals surface area contributed by atoms with Crippen molar-refractivity contribution in [3.8, 4) is 0 Å². The lowest BCUT2D eigenvalue weighted by Gasteiger charge is -2.01. The highest BCUT2D eigenvalue weighted by molar-refractivity contribution is 5.93. The number of nitrogens with two attached hydrogens (primary N) is 1. The smallest absolute Gasteiger partial charge is 0.353 e. The molecule has 0 spiro atoms. The van der Waals surface area contributed by atoms with Gasteiger partial charge in [-0.05, 0) is 28.5 Å². The van der Waals surface area contributed by atoms with Crippen LogP contribution in [0.5, 0.6) is 0 Å². The molecule has 0 saturated heterocycles. The van der Waals surface area contributed by atoms with E-state index in [2.05, 4.69) is 4.74 Å². The van der Waals surface area contributed by atoms with Gasteiger partial charge in [0, 0.05) is 0 Å². The van der Waals surface area contributed by atoms with Crippen LogP contribution in [0, 0.1) is 0 Å². The zero-order valence-electron chi connectivity index (χ0n) is 9.51. The second-order valence-electron chi connectivity index (χ2n) is 3.70. The van der Waals surface area contributed by atoms with Gasteiger partial charge < -0.3 is 10.5 Å². The van der Waals surface area contributed by atoms with Crippen molar-refractivity contribution in [2.24, 2.45) is 5.73 Å². The highest BCUT2D eigenvalue weighted by Gasteiger charge is 2.03. The first kappa shape index (κ1) is 11.2. The van der Waals surface area contributed by atoms with E-state index in [9.17, 15) is 4.79 Å². The number of carbonyl (C=O) groups excluding carboxylic acids is 1.